The fraction of sp³-hybridized carbons (Fsp3) is 0.379. The normalized spacial score (nSPS) is 16.9. The van der Waals surface area contributed by atoms with E-state index in [2.05, 4.69) is 11.9 Å². The molecular formula is C29H31Cl3NO5PS2. The van der Waals surface area contributed by atoms with Gasteiger partial charge in [-0.2, -0.15) is 0 Å². The molecule has 41 heavy (non-hydrogen) atoms. The lowest BCUT2D eigenvalue weighted by molar-refractivity contribution is 0.0841. The fourth-order valence-electron chi connectivity index (χ4n) is 4.24. The molecule has 0 radical (unpaired) electrons. The van der Waals surface area contributed by atoms with Gasteiger partial charge in [-0.15, -0.1) is 0 Å². The number of nitrogens with zero attached hydrogens (tertiary/aromatic N) is 1. The standard InChI is InChI=1S/C29H31Cl3NO5PS2/c1-3-5-7-8-15-41(36)27-11-9-10-24-20(27)18-21-25(33-24)12-13-26(28(21)34)37-39(35,40-14-6-4-2)38-29-22(31)16-19(30)17-23(29)32/h9-13,16-18,26H,3-8,14-15H2,1-2H3. The molecule has 0 saturated heterocycles. The maximum absolute atomic E-state index is 14.0. The van der Waals surface area contributed by atoms with Crippen molar-refractivity contribution in [2.24, 2.45) is 0 Å². The quantitative estimate of drug-likeness (QED) is 0.124. The van der Waals surface area contributed by atoms with Crippen LogP contribution in [0.1, 0.15) is 68.4 Å². The molecule has 1 aliphatic rings. The minimum Gasteiger partial charge on any atom is -0.414 e. The third-order valence-corrected chi connectivity index (χ3v) is 12.3. The first-order valence-corrected chi connectivity index (χ1v) is 19.1. The molecule has 1 aliphatic carbocycles. The second-order valence-corrected chi connectivity index (χ2v) is 16.4. The summed E-state index contributed by atoms with van der Waals surface area (Å²) in [7, 11) is -1.23. The van der Waals surface area contributed by atoms with Gasteiger partial charge in [-0.1, -0.05) is 80.4 Å². The molecule has 0 amide bonds. The predicted molar refractivity (Wildman–Crippen MR) is 172 cm³/mol. The molecule has 0 aliphatic heterocycles. The number of carbonyl (C=O) groups is 1. The van der Waals surface area contributed by atoms with Crippen molar-refractivity contribution in [2.45, 2.75) is 63.4 Å². The van der Waals surface area contributed by atoms with Gasteiger partial charge in [0, 0.05) is 32.4 Å². The Balaban J connectivity index is 1.62. The van der Waals surface area contributed by atoms with Crippen LogP contribution in [0.25, 0.3) is 17.0 Å². The largest absolute Gasteiger partial charge is 0.441 e. The van der Waals surface area contributed by atoms with Crippen LogP contribution >= 0.6 is 53.0 Å². The van der Waals surface area contributed by atoms with Crippen LogP contribution in [0.4, 0.5) is 0 Å². The summed E-state index contributed by atoms with van der Waals surface area (Å²) in [5, 5.41) is 1.09. The number of hydrogen-bond donors (Lipinski definition) is 0. The highest BCUT2D eigenvalue weighted by Crippen LogP contribution is 2.63. The Morgan fingerprint density at radius 1 is 1.02 bits per heavy atom. The number of ketones is 1. The molecule has 0 N–H and O–H groups in total. The number of pyridine rings is 1. The number of halogens is 3. The Bertz CT molecular complexity index is 1510. The molecule has 6 nitrogen and oxygen atoms in total. The van der Waals surface area contributed by atoms with Gasteiger partial charge in [0.25, 0.3) is 0 Å². The summed E-state index contributed by atoms with van der Waals surface area (Å²) in [6, 6.07) is 10.0. The molecule has 1 aromatic heterocycles. The molecule has 0 fully saturated rings. The van der Waals surface area contributed by atoms with Gasteiger partial charge in [0.15, 0.2) is 17.6 Å². The van der Waals surface area contributed by atoms with Crippen molar-refractivity contribution < 1.29 is 22.6 Å². The molecule has 2 aromatic carbocycles. The Kier molecular flexibility index (Phi) is 11.8. The van der Waals surface area contributed by atoms with Gasteiger partial charge >= 0.3 is 6.80 Å². The van der Waals surface area contributed by atoms with Crippen LogP contribution in [0.3, 0.4) is 0 Å². The molecule has 1 heterocycles. The van der Waals surface area contributed by atoms with E-state index in [1.165, 1.54) is 18.2 Å². The topological polar surface area (TPSA) is 82.6 Å². The van der Waals surface area contributed by atoms with Crippen LogP contribution in [-0.2, 0) is 19.9 Å². The maximum Gasteiger partial charge on any atom is 0.441 e. The summed E-state index contributed by atoms with van der Waals surface area (Å²) in [6.07, 6.45) is 7.70. The molecule has 4 rings (SSSR count). The van der Waals surface area contributed by atoms with Crippen molar-refractivity contribution in [3.05, 3.63) is 68.8 Å². The van der Waals surface area contributed by atoms with Crippen molar-refractivity contribution in [2.75, 3.05) is 11.5 Å². The van der Waals surface area contributed by atoms with E-state index in [-0.39, 0.29) is 15.8 Å². The van der Waals surface area contributed by atoms with Gasteiger partial charge in [-0.05, 0) is 66.7 Å². The fourth-order valence-corrected chi connectivity index (χ4v) is 10.1. The average molecular weight is 675 g/mol. The van der Waals surface area contributed by atoms with Crippen LogP contribution in [-0.4, -0.2) is 32.6 Å². The van der Waals surface area contributed by atoms with E-state index in [1.807, 2.05) is 25.1 Å². The maximum atomic E-state index is 14.0. The number of rotatable bonds is 14. The Morgan fingerprint density at radius 2 is 1.76 bits per heavy atom. The smallest absolute Gasteiger partial charge is 0.414 e. The van der Waals surface area contributed by atoms with Crippen LogP contribution in [0, 0.1) is 0 Å². The first kappa shape index (κ1) is 32.5. The summed E-state index contributed by atoms with van der Waals surface area (Å²) >= 11 is 19.6. The highest BCUT2D eigenvalue weighted by atomic mass is 35.5. The lowest BCUT2D eigenvalue weighted by atomic mass is 9.97. The van der Waals surface area contributed by atoms with Crippen molar-refractivity contribution in [1.29, 1.82) is 0 Å². The van der Waals surface area contributed by atoms with Crippen molar-refractivity contribution in [3.63, 3.8) is 0 Å². The Morgan fingerprint density at radius 3 is 2.46 bits per heavy atom. The Labute approximate surface area is 262 Å². The van der Waals surface area contributed by atoms with Gasteiger partial charge in [0.1, 0.15) is 0 Å². The van der Waals surface area contributed by atoms with Gasteiger partial charge in [-0.25, -0.2) is 9.55 Å². The monoisotopic (exact) mass is 673 g/mol. The molecule has 3 atom stereocenters. The third-order valence-electron chi connectivity index (χ3n) is 6.39. The molecule has 0 saturated carbocycles. The zero-order valence-electron chi connectivity index (χ0n) is 22.7. The first-order chi connectivity index (χ1) is 19.7. The zero-order valence-corrected chi connectivity index (χ0v) is 27.5. The highest BCUT2D eigenvalue weighted by molar-refractivity contribution is 8.55. The number of fused-ring (bicyclic) bond motifs is 2. The zero-order chi connectivity index (χ0) is 29.6. The number of aromatic nitrogens is 1. The van der Waals surface area contributed by atoms with Crippen LogP contribution in [0.15, 0.2) is 47.4 Å². The van der Waals surface area contributed by atoms with Crippen LogP contribution in [0.5, 0.6) is 5.75 Å². The molecule has 12 heteroatoms. The van der Waals surface area contributed by atoms with E-state index in [0.29, 0.717) is 43.6 Å². The second-order valence-electron chi connectivity index (χ2n) is 9.53. The van der Waals surface area contributed by atoms with E-state index in [0.717, 1.165) is 49.9 Å². The highest BCUT2D eigenvalue weighted by Gasteiger charge is 2.37. The van der Waals surface area contributed by atoms with Crippen molar-refractivity contribution in [1.82, 2.24) is 4.98 Å². The minimum absolute atomic E-state index is 0.0311. The van der Waals surface area contributed by atoms with E-state index < -0.39 is 29.5 Å². The lowest BCUT2D eigenvalue weighted by Gasteiger charge is -2.25. The SMILES string of the molecule is CCCCCCS(=O)c1cccc2nc3c(cc12)C(=O)C(OP(=O)(Oc1c(Cl)cc(Cl)cc1Cl)SCCCC)C=C3. The molecule has 0 bridgehead atoms. The van der Waals surface area contributed by atoms with Crippen molar-refractivity contribution >= 4 is 86.5 Å². The van der Waals surface area contributed by atoms with Crippen LogP contribution < -0.4 is 4.52 Å². The summed E-state index contributed by atoms with van der Waals surface area (Å²) in [6.45, 7) is 0.157. The van der Waals surface area contributed by atoms with E-state index in [9.17, 15) is 13.6 Å². The van der Waals surface area contributed by atoms with E-state index in [1.54, 1.807) is 12.1 Å². The molecule has 3 aromatic rings. The van der Waals surface area contributed by atoms with E-state index >= 15 is 0 Å². The molecule has 0 spiro atoms. The molecular weight excluding hydrogens is 644 g/mol. The summed E-state index contributed by atoms with van der Waals surface area (Å²) in [5.74, 6) is 0.559. The number of hydrogen-bond acceptors (Lipinski definition) is 7. The molecule has 220 valence electrons. The van der Waals surface area contributed by atoms with Gasteiger partial charge in [0.05, 0.1) is 32.1 Å². The van der Waals surface area contributed by atoms with Crippen LogP contribution in [0.2, 0.25) is 15.1 Å². The predicted octanol–water partition coefficient (Wildman–Crippen LogP) is 10.2. The third kappa shape index (κ3) is 8.17. The van der Waals surface area contributed by atoms with E-state index in [4.69, 9.17) is 43.9 Å². The van der Waals surface area contributed by atoms with Gasteiger partial charge in [0.2, 0.25) is 0 Å². The summed E-state index contributed by atoms with van der Waals surface area (Å²) < 4.78 is 38.9. The first-order valence-electron chi connectivity index (χ1n) is 13.5. The lowest BCUT2D eigenvalue weighted by Crippen LogP contribution is -2.25. The minimum atomic E-state index is -3.99. The summed E-state index contributed by atoms with van der Waals surface area (Å²) in [5.41, 5.74) is 1.41. The van der Waals surface area contributed by atoms with Gasteiger partial charge < -0.3 is 4.52 Å². The molecule has 3 unspecified atom stereocenters. The summed E-state index contributed by atoms with van der Waals surface area (Å²) in [4.78, 5) is 19.0. The van der Waals surface area contributed by atoms with Crippen molar-refractivity contribution in [3.8, 4) is 5.75 Å². The average Bonchev–Trinajstić information content (AvgIpc) is 2.94. The number of unbranched alkanes of at least 4 members (excludes halogenated alkanes) is 4. The van der Waals surface area contributed by atoms with Gasteiger partial charge in [-0.3, -0.25) is 13.5 Å². The second kappa shape index (κ2) is 14.9. The Hall–Kier alpha value is -1.38. The number of Topliss-reactive ketones (excluding diaryl/α,β-unsaturated/α-hetero) is 1. The number of benzene rings is 2. The number of carbonyl (C=O) groups excluding carboxylic acids is 1.